The summed E-state index contributed by atoms with van der Waals surface area (Å²) in [6, 6.07) is 29.1. The van der Waals surface area contributed by atoms with Crippen molar-refractivity contribution >= 4 is 11.6 Å². The van der Waals surface area contributed by atoms with Gasteiger partial charge in [-0.05, 0) is 59.0 Å². The van der Waals surface area contributed by atoms with Crippen LogP contribution in [0.15, 0.2) is 91.1 Å². The molecule has 3 heteroatoms. The normalized spacial score (nSPS) is 12.7. The van der Waals surface area contributed by atoms with E-state index in [9.17, 15) is 4.79 Å². The van der Waals surface area contributed by atoms with Gasteiger partial charge < -0.3 is 9.47 Å². The summed E-state index contributed by atoms with van der Waals surface area (Å²) in [4.78, 5) is 15.4. The molecule has 0 N–H and O–H groups in total. The molecule has 2 heterocycles. The quantitative estimate of drug-likeness (QED) is 0.389. The molecule has 3 aromatic carbocycles. The van der Waals surface area contributed by atoms with Gasteiger partial charge in [0.05, 0.1) is 6.54 Å². The molecule has 4 aromatic rings. The maximum Gasteiger partial charge on any atom is 0.258 e. The van der Waals surface area contributed by atoms with Crippen LogP contribution in [-0.2, 0) is 19.5 Å². The van der Waals surface area contributed by atoms with Crippen LogP contribution in [0, 0.1) is 0 Å². The number of anilines is 1. The Morgan fingerprint density at radius 3 is 2.26 bits per heavy atom. The third-order valence-electron chi connectivity index (χ3n) is 6.07. The van der Waals surface area contributed by atoms with Crippen LogP contribution in [-0.4, -0.2) is 10.5 Å². The lowest BCUT2D eigenvalue weighted by Gasteiger charge is -2.23. The van der Waals surface area contributed by atoms with Crippen molar-refractivity contribution in [1.82, 2.24) is 4.57 Å². The van der Waals surface area contributed by atoms with Crippen molar-refractivity contribution in [2.24, 2.45) is 0 Å². The van der Waals surface area contributed by atoms with Gasteiger partial charge in [-0.25, -0.2) is 0 Å². The Hall–Kier alpha value is -3.59. The molecule has 5 rings (SSSR count). The number of para-hydroxylation sites is 1. The number of nitrogens with zero attached hydrogens (tertiary/aromatic N) is 2. The Morgan fingerprint density at radius 2 is 1.52 bits per heavy atom. The van der Waals surface area contributed by atoms with Crippen LogP contribution in [0.5, 0.6) is 0 Å². The average Bonchev–Trinajstić information content (AvgIpc) is 3.18. The van der Waals surface area contributed by atoms with E-state index in [0.717, 1.165) is 41.9 Å². The molecule has 0 radical (unpaired) electrons. The number of carbonyl (C=O) groups excluding carboxylic acids is 1. The molecular formula is C28H26N2O. The Labute approximate surface area is 183 Å². The van der Waals surface area contributed by atoms with Crippen molar-refractivity contribution in [1.29, 1.82) is 0 Å². The van der Waals surface area contributed by atoms with E-state index in [4.69, 9.17) is 0 Å². The van der Waals surface area contributed by atoms with Crippen molar-refractivity contribution in [3.8, 4) is 11.1 Å². The van der Waals surface area contributed by atoms with Crippen LogP contribution >= 0.6 is 0 Å². The smallest absolute Gasteiger partial charge is 0.258 e. The molecular weight excluding hydrogens is 380 g/mol. The minimum atomic E-state index is 0.0342. The van der Waals surface area contributed by atoms with Crippen LogP contribution in [0.1, 0.15) is 40.5 Å². The zero-order valence-electron chi connectivity index (χ0n) is 17.8. The van der Waals surface area contributed by atoms with Crippen LogP contribution < -0.4 is 4.90 Å². The van der Waals surface area contributed by atoms with E-state index in [1.165, 1.54) is 11.1 Å². The molecule has 0 fully saturated rings. The van der Waals surface area contributed by atoms with Crippen molar-refractivity contribution in [3.63, 3.8) is 0 Å². The molecule has 1 aromatic heterocycles. The molecule has 0 aliphatic carbocycles. The van der Waals surface area contributed by atoms with Gasteiger partial charge in [0.2, 0.25) is 0 Å². The summed E-state index contributed by atoms with van der Waals surface area (Å²) in [7, 11) is 0. The molecule has 0 atom stereocenters. The molecule has 154 valence electrons. The van der Waals surface area contributed by atoms with Crippen LogP contribution in [0.2, 0.25) is 0 Å². The number of amides is 1. The maximum absolute atomic E-state index is 13.5. The Morgan fingerprint density at radius 1 is 0.806 bits per heavy atom. The number of rotatable bonds is 4. The van der Waals surface area contributed by atoms with Gasteiger partial charge >= 0.3 is 0 Å². The average molecular weight is 407 g/mol. The summed E-state index contributed by atoms with van der Waals surface area (Å²) >= 11 is 0. The van der Waals surface area contributed by atoms with E-state index in [0.29, 0.717) is 12.1 Å². The number of benzene rings is 3. The van der Waals surface area contributed by atoms with Crippen LogP contribution in [0.4, 0.5) is 5.69 Å². The van der Waals surface area contributed by atoms with Crippen LogP contribution in [0.3, 0.4) is 0 Å². The predicted octanol–water partition coefficient (Wildman–Crippen LogP) is 6.32. The summed E-state index contributed by atoms with van der Waals surface area (Å²) in [5.74, 6) is 0.0342. The molecule has 0 saturated heterocycles. The lowest BCUT2D eigenvalue weighted by atomic mass is 10.0. The molecule has 3 nitrogen and oxygen atoms in total. The largest absolute Gasteiger partial charge is 0.345 e. The van der Waals surface area contributed by atoms with E-state index in [1.807, 2.05) is 41.3 Å². The summed E-state index contributed by atoms with van der Waals surface area (Å²) in [6.45, 7) is 3.56. The van der Waals surface area contributed by atoms with E-state index in [-0.39, 0.29) is 5.91 Å². The molecule has 0 unspecified atom stereocenters. The van der Waals surface area contributed by atoms with Gasteiger partial charge in [-0.1, -0.05) is 67.9 Å². The van der Waals surface area contributed by atoms with Gasteiger partial charge in [0.25, 0.3) is 5.91 Å². The zero-order valence-corrected chi connectivity index (χ0v) is 17.8. The predicted molar refractivity (Wildman–Crippen MR) is 126 cm³/mol. The summed E-state index contributed by atoms with van der Waals surface area (Å²) in [5.41, 5.74) is 7.68. The highest BCUT2D eigenvalue weighted by Crippen LogP contribution is 2.29. The lowest BCUT2D eigenvalue weighted by Crippen LogP contribution is -2.30. The number of carbonyl (C=O) groups is 1. The Bertz CT molecular complexity index is 1200. The summed E-state index contributed by atoms with van der Waals surface area (Å²) in [6.07, 6.45) is 4.34. The Balaban J connectivity index is 1.43. The zero-order chi connectivity index (χ0) is 21.2. The monoisotopic (exact) mass is 406 g/mol. The maximum atomic E-state index is 13.5. The van der Waals surface area contributed by atoms with Crippen molar-refractivity contribution in [2.75, 3.05) is 4.90 Å². The number of fused-ring (bicyclic) bond motifs is 2. The van der Waals surface area contributed by atoms with E-state index in [1.54, 1.807) is 0 Å². The molecule has 1 amide bonds. The Kier molecular flexibility index (Phi) is 5.17. The molecule has 0 spiro atoms. The molecule has 1 aliphatic heterocycles. The second kappa shape index (κ2) is 8.27. The van der Waals surface area contributed by atoms with E-state index in [2.05, 4.69) is 66.2 Å². The highest BCUT2D eigenvalue weighted by molar-refractivity contribution is 6.06. The molecule has 1 aliphatic rings. The standard InChI is InChI=1S/C28H26N2O/c1-2-6-21-10-12-22(13-11-21)23-14-16-24(17-15-23)28(31)30-20-26-8-5-18-29(26)19-25-7-3-4-9-27(25)30/h3-5,7-18H,2,6,19-20H2,1H3. The van der Waals surface area contributed by atoms with Crippen molar-refractivity contribution in [2.45, 2.75) is 32.9 Å². The summed E-state index contributed by atoms with van der Waals surface area (Å²) < 4.78 is 2.22. The molecule has 0 bridgehead atoms. The number of hydrogen-bond donors (Lipinski definition) is 0. The number of aromatic nitrogens is 1. The fourth-order valence-electron chi connectivity index (χ4n) is 4.38. The van der Waals surface area contributed by atoms with E-state index >= 15 is 0 Å². The SMILES string of the molecule is CCCc1ccc(-c2ccc(C(=O)N3Cc4cccn4Cc4ccccc43)cc2)cc1. The second-order valence-electron chi connectivity index (χ2n) is 8.17. The van der Waals surface area contributed by atoms with Gasteiger partial charge in [0, 0.05) is 29.7 Å². The topological polar surface area (TPSA) is 25.2 Å². The van der Waals surface area contributed by atoms with Gasteiger partial charge in [0.1, 0.15) is 0 Å². The minimum Gasteiger partial charge on any atom is -0.345 e. The van der Waals surface area contributed by atoms with E-state index < -0.39 is 0 Å². The minimum absolute atomic E-state index is 0.0342. The van der Waals surface area contributed by atoms with Gasteiger partial charge in [-0.3, -0.25) is 4.79 Å². The van der Waals surface area contributed by atoms with Crippen molar-refractivity contribution < 1.29 is 4.79 Å². The highest BCUT2D eigenvalue weighted by Gasteiger charge is 2.24. The first kappa shape index (κ1) is 19.4. The first-order valence-corrected chi connectivity index (χ1v) is 11.0. The fraction of sp³-hybridized carbons (Fsp3) is 0.179. The first-order valence-electron chi connectivity index (χ1n) is 11.0. The summed E-state index contributed by atoms with van der Waals surface area (Å²) in [5, 5.41) is 0. The van der Waals surface area contributed by atoms with Gasteiger partial charge in [-0.15, -0.1) is 0 Å². The number of aryl methyl sites for hydroxylation is 1. The third kappa shape index (κ3) is 3.79. The van der Waals surface area contributed by atoms with Gasteiger partial charge in [-0.2, -0.15) is 0 Å². The van der Waals surface area contributed by atoms with Crippen LogP contribution in [0.25, 0.3) is 11.1 Å². The van der Waals surface area contributed by atoms with Crippen molar-refractivity contribution in [3.05, 3.63) is 114 Å². The highest BCUT2D eigenvalue weighted by atomic mass is 16.2. The second-order valence-corrected chi connectivity index (χ2v) is 8.17. The molecule has 31 heavy (non-hydrogen) atoms. The fourth-order valence-corrected chi connectivity index (χ4v) is 4.38. The lowest BCUT2D eigenvalue weighted by molar-refractivity contribution is 0.0985. The first-order chi connectivity index (χ1) is 15.2. The third-order valence-corrected chi connectivity index (χ3v) is 6.07. The molecule has 0 saturated carbocycles. The van der Waals surface area contributed by atoms with Gasteiger partial charge in [0.15, 0.2) is 0 Å². The number of hydrogen-bond acceptors (Lipinski definition) is 1.